The number of terminal acetylenes is 1. The van der Waals surface area contributed by atoms with Gasteiger partial charge in [0.25, 0.3) is 5.91 Å². The van der Waals surface area contributed by atoms with Crippen molar-refractivity contribution in [3.8, 4) is 23.5 Å². The van der Waals surface area contributed by atoms with Crippen molar-refractivity contribution >= 4 is 23.6 Å². The lowest BCUT2D eigenvalue weighted by molar-refractivity contribution is -0.139. The smallest absolute Gasteiger partial charge is 0.326 e. The monoisotopic (exact) mass is 381 g/mol. The van der Waals surface area contributed by atoms with Crippen molar-refractivity contribution in [3.05, 3.63) is 59.2 Å². The molecule has 0 heterocycles. The Balaban J connectivity index is 2.43. The minimum atomic E-state index is -1.03. The molecule has 2 N–H and O–H groups in total. The third-order valence-corrected chi connectivity index (χ3v) is 4.93. The van der Waals surface area contributed by atoms with E-state index in [1.165, 1.54) is 0 Å². The second-order valence-corrected chi connectivity index (χ2v) is 7.21. The van der Waals surface area contributed by atoms with E-state index in [0.717, 1.165) is 22.3 Å². The maximum Gasteiger partial charge on any atom is 0.326 e. The summed E-state index contributed by atoms with van der Waals surface area (Å²) in [6, 6.07) is 12.3. The lowest BCUT2D eigenvalue weighted by Gasteiger charge is -2.17. The Hall–Kier alpha value is -2.71. The quantitative estimate of drug-likeness (QED) is 0.683. The molecule has 140 valence electrons. The van der Waals surface area contributed by atoms with Crippen LogP contribution in [0.3, 0.4) is 0 Å². The Morgan fingerprint density at radius 1 is 1.22 bits per heavy atom. The molecule has 0 saturated carbocycles. The van der Waals surface area contributed by atoms with Gasteiger partial charge in [-0.2, -0.15) is 11.8 Å². The van der Waals surface area contributed by atoms with E-state index in [9.17, 15) is 14.7 Å². The van der Waals surface area contributed by atoms with Gasteiger partial charge in [-0.05, 0) is 59.7 Å². The summed E-state index contributed by atoms with van der Waals surface area (Å²) in [6.45, 7) is 1.98. The molecular weight excluding hydrogens is 358 g/mol. The van der Waals surface area contributed by atoms with E-state index in [1.807, 2.05) is 49.6 Å². The fourth-order valence-electron chi connectivity index (χ4n) is 2.84. The Bertz CT molecular complexity index is 870. The van der Waals surface area contributed by atoms with E-state index in [2.05, 4.69) is 11.2 Å². The lowest BCUT2D eigenvalue weighted by Crippen LogP contribution is -2.41. The van der Waals surface area contributed by atoms with E-state index < -0.39 is 17.9 Å². The van der Waals surface area contributed by atoms with Crippen molar-refractivity contribution in [2.45, 2.75) is 25.8 Å². The maximum atomic E-state index is 12.9. The number of hydrogen-bond acceptors (Lipinski definition) is 3. The highest BCUT2D eigenvalue weighted by Crippen LogP contribution is 2.28. The molecule has 0 aliphatic heterocycles. The van der Waals surface area contributed by atoms with Crippen molar-refractivity contribution in [2.75, 3.05) is 12.0 Å². The van der Waals surface area contributed by atoms with Crippen LogP contribution in [0, 0.1) is 19.3 Å². The molecule has 27 heavy (non-hydrogen) atoms. The molecule has 2 aromatic carbocycles. The topological polar surface area (TPSA) is 66.4 Å². The molecule has 4 nitrogen and oxygen atoms in total. The first-order valence-corrected chi connectivity index (χ1v) is 10.0. The first-order valence-electron chi connectivity index (χ1n) is 8.63. The van der Waals surface area contributed by atoms with Gasteiger partial charge < -0.3 is 10.4 Å². The minimum Gasteiger partial charge on any atom is -0.480 e. The molecule has 0 fully saturated rings. The lowest BCUT2D eigenvalue weighted by atomic mass is 9.93. The van der Waals surface area contributed by atoms with Crippen molar-refractivity contribution in [1.82, 2.24) is 5.32 Å². The fraction of sp³-hybridized carbons (Fsp3) is 0.273. The normalized spacial score (nSPS) is 11.4. The van der Waals surface area contributed by atoms with Crippen LogP contribution in [0.25, 0.3) is 11.1 Å². The first-order chi connectivity index (χ1) is 13.0. The summed E-state index contributed by atoms with van der Waals surface area (Å²) in [4.78, 5) is 24.4. The van der Waals surface area contributed by atoms with Gasteiger partial charge in [0, 0.05) is 12.0 Å². The molecule has 0 aliphatic rings. The molecule has 2 aromatic rings. The molecule has 0 unspecified atom stereocenters. The molecule has 0 radical (unpaired) electrons. The average Bonchev–Trinajstić information content (AvgIpc) is 2.65. The number of aliphatic carboxylic acids is 1. The molecule has 1 atom stereocenters. The van der Waals surface area contributed by atoms with E-state index in [4.69, 9.17) is 6.42 Å². The van der Waals surface area contributed by atoms with Crippen LogP contribution in [0.2, 0.25) is 0 Å². The Morgan fingerprint density at radius 3 is 2.59 bits per heavy atom. The number of rotatable bonds is 8. The number of benzene rings is 2. The Kier molecular flexibility index (Phi) is 7.51. The van der Waals surface area contributed by atoms with Gasteiger partial charge in [-0.15, -0.1) is 12.3 Å². The summed E-state index contributed by atoms with van der Waals surface area (Å²) in [5.74, 6) is 1.85. The van der Waals surface area contributed by atoms with Gasteiger partial charge in [0.1, 0.15) is 6.04 Å². The molecular formula is C22H23NO3S. The highest BCUT2D eigenvalue weighted by molar-refractivity contribution is 7.98. The number of hydrogen-bond donors (Lipinski definition) is 2. The maximum absolute atomic E-state index is 12.9. The molecule has 5 heteroatoms. The largest absolute Gasteiger partial charge is 0.480 e. The van der Waals surface area contributed by atoms with Crippen molar-refractivity contribution in [2.24, 2.45) is 0 Å². The van der Waals surface area contributed by atoms with Crippen LogP contribution in [0.5, 0.6) is 0 Å². The Labute approximate surface area is 164 Å². The van der Waals surface area contributed by atoms with Gasteiger partial charge in [-0.3, -0.25) is 4.79 Å². The van der Waals surface area contributed by atoms with E-state index in [-0.39, 0.29) is 0 Å². The number of thioether (sulfide) groups is 1. The van der Waals surface area contributed by atoms with Gasteiger partial charge in [0.2, 0.25) is 0 Å². The van der Waals surface area contributed by atoms with Crippen LogP contribution in [0.1, 0.15) is 27.9 Å². The second kappa shape index (κ2) is 9.84. The second-order valence-electron chi connectivity index (χ2n) is 6.22. The van der Waals surface area contributed by atoms with E-state index in [0.29, 0.717) is 24.2 Å². The van der Waals surface area contributed by atoms with E-state index >= 15 is 0 Å². The van der Waals surface area contributed by atoms with Gasteiger partial charge in [-0.1, -0.05) is 30.3 Å². The standard InChI is InChI=1S/C22H23NO3S/c1-4-7-16-10-11-18(19(14-16)17-9-6-5-8-15(17)2)21(24)23-20(22(25)26)12-13-27-3/h1,5-6,8-11,14,20H,7,12-13H2,2-3H3,(H,23,24)(H,25,26)/t20-/m0/s1. The number of carbonyl (C=O) groups excluding carboxylic acids is 1. The van der Waals surface area contributed by atoms with Gasteiger partial charge in [0.05, 0.1) is 0 Å². The number of amides is 1. The summed E-state index contributed by atoms with van der Waals surface area (Å²) in [5, 5.41) is 12.1. The Morgan fingerprint density at radius 2 is 1.96 bits per heavy atom. The van der Waals surface area contributed by atoms with Gasteiger partial charge in [-0.25, -0.2) is 4.79 Å². The zero-order valence-corrected chi connectivity index (χ0v) is 16.3. The number of carbonyl (C=O) groups is 2. The SMILES string of the molecule is C#CCc1ccc(C(=O)N[C@@H](CCSC)C(=O)O)c(-c2ccccc2C)c1. The molecule has 2 rings (SSSR count). The molecule has 0 bridgehead atoms. The van der Waals surface area contributed by atoms with Gasteiger partial charge in [0.15, 0.2) is 0 Å². The molecule has 0 saturated heterocycles. The highest BCUT2D eigenvalue weighted by Gasteiger charge is 2.22. The number of carboxylic acid groups (broad SMARTS) is 1. The zero-order valence-electron chi connectivity index (χ0n) is 15.5. The zero-order chi connectivity index (χ0) is 19.8. The average molecular weight is 381 g/mol. The molecule has 1 amide bonds. The number of aryl methyl sites for hydroxylation is 1. The summed E-state index contributed by atoms with van der Waals surface area (Å²) in [7, 11) is 0. The number of nitrogens with one attached hydrogen (secondary N) is 1. The van der Waals surface area contributed by atoms with E-state index in [1.54, 1.807) is 17.8 Å². The summed E-state index contributed by atoms with van der Waals surface area (Å²) >= 11 is 1.55. The summed E-state index contributed by atoms with van der Waals surface area (Å²) in [6.07, 6.45) is 8.17. The van der Waals surface area contributed by atoms with Crippen LogP contribution < -0.4 is 5.32 Å². The van der Waals surface area contributed by atoms with Crippen LogP contribution in [0.15, 0.2) is 42.5 Å². The predicted molar refractivity (Wildman–Crippen MR) is 111 cm³/mol. The fourth-order valence-corrected chi connectivity index (χ4v) is 3.32. The highest BCUT2D eigenvalue weighted by atomic mass is 32.2. The van der Waals surface area contributed by atoms with Crippen LogP contribution >= 0.6 is 11.8 Å². The van der Waals surface area contributed by atoms with Gasteiger partial charge >= 0.3 is 5.97 Å². The molecule has 0 spiro atoms. The first kappa shape index (κ1) is 20.6. The third-order valence-electron chi connectivity index (χ3n) is 4.28. The van der Waals surface area contributed by atoms with Crippen molar-refractivity contribution < 1.29 is 14.7 Å². The summed E-state index contributed by atoms with van der Waals surface area (Å²) in [5.41, 5.74) is 4.09. The van der Waals surface area contributed by atoms with Crippen molar-refractivity contribution in [3.63, 3.8) is 0 Å². The summed E-state index contributed by atoms with van der Waals surface area (Å²) < 4.78 is 0. The minimum absolute atomic E-state index is 0.372. The van der Waals surface area contributed by atoms with Crippen molar-refractivity contribution in [1.29, 1.82) is 0 Å². The third kappa shape index (κ3) is 5.38. The molecule has 0 aliphatic carbocycles. The van der Waals surface area contributed by atoms with Crippen LogP contribution in [-0.4, -0.2) is 35.0 Å². The van der Waals surface area contributed by atoms with Crippen LogP contribution in [-0.2, 0) is 11.2 Å². The predicted octanol–water partition coefficient (Wildman–Crippen LogP) is 3.77. The number of carboxylic acids is 1. The molecule has 0 aromatic heterocycles. The van der Waals surface area contributed by atoms with Crippen LogP contribution in [0.4, 0.5) is 0 Å².